The third kappa shape index (κ3) is 4.00. The Morgan fingerprint density at radius 2 is 0.598 bits per heavy atom. The first kappa shape index (κ1) is 54.1. The zero-order valence-corrected chi connectivity index (χ0v) is 65.0. The summed E-state index contributed by atoms with van der Waals surface area (Å²) in [5, 5.41) is 91.0. The zero-order chi connectivity index (χ0) is 73.5. The molecule has 1 fully saturated rings. The van der Waals surface area contributed by atoms with Crippen molar-refractivity contribution in [2.75, 3.05) is 13.6 Å². The topological polar surface area (TPSA) is 109 Å². The molecule has 10 heteroatoms. The van der Waals surface area contributed by atoms with Gasteiger partial charge in [-0.2, -0.15) is 0 Å². The summed E-state index contributed by atoms with van der Waals surface area (Å²) in [5.41, 5.74) is 16.0. The van der Waals surface area contributed by atoms with Crippen LogP contribution >= 0.6 is 0 Å². The summed E-state index contributed by atoms with van der Waals surface area (Å²) in [4.78, 5) is 48.4. The molecule has 32 aromatic carbocycles. The average Bonchev–Trinajstić information content (AvgIpc) is 1.38. The van der Waals surface area contributed by atoms with Crippen molar-refractivity contribution in [2.45, 2.75) is 95.4 Å². The molecule has 2 spiro atoms. The van der Waals surface area contributed by atoms with Crippen molar-refractivity contribution >= 4 is 335 Å². The molecule has 9 nitrogen and oxygen atoms in total. The first-order valence-electron chi connectivity index (χ1n) is 42.2. The minimum atomic E-state index is -0.587. The van der Waals surface area contributed by atoms with Crippen LogP contribution in [0.3, 0.4) is 0 Å². The summed E-state index contributed by atoms with van der Waals surface area (Å²) in [5.74, 6) is 2.32. The van der Waals surface area contributed by atoms with Crippen LogP contribution in [-0.2, 0) is 44.1 Å². The average molecular weight is 1520 g/mol. The third-order valence-electron chi connectivity index (χ3n) is 35.5. The number of fused-ring (bicyclic) bond motifs is 20. The van der Waals surface area contributed by atoms with Crippen LogP contribution in [0.4, 0.5) is 0 Å². The maximum atomic E-state index is 5.92. The SMILES string of the molecule is CN1CC23c4c5c6c7c8c9c(c%10c%11c2c2c%12c4c4c%13c5c5c7c7c8c8c%14c9c%10c9c%10c%11c2c2c%11c%12c4c4c%12c%13c5c5c7c7c8c8c%14c9c9c%10c2c2c%11c4c4c%12c5c7c5c8c9c2c45)C63C1c1ccc2c(c1)-c1nc-2nc2[n-]c(nc3nc(nc4[n-]c(n1)c1ccc(C(C)(C)C)cc41)-c1ccc(C(C)(C)C)cc1-3)c1cccc(C(C)(C)C)c21.[Cu+2]. The smallest absolute Gasteiger partial charge is 0.357 e. The molecule has 8 bridgehead atoms. The van der Waals surface area contributed by atoms with Crippen LogP contribution in [-0.4, -0.2) is 48.4 Å². The number of hydrogen-bond acceptors (Lipinski definition) is 7. The van der Waals surface area contributed by atoms with E-state index in [1.165, 1.54) is 16.7 Å². The Morgan fingerprint density at radius 1 is 0.282 bits per heavy atom. The number of aromatic nitrogens is 8. The minimum Gasteiger partial charge on any atom is -0.357 e. The van der Waals surface area contributed by atoms with E-state index < -0.39 is 10.8 Å². The molecule has 0 amide bonds. The van der Waals surface area contributed by atoms with Crippen LogP contribution in [0.2, 0.25) is 0 Å². The van der Waals surface area contributed by atoms with Crippen LogP contribution in [0.25, 0.3) is 381 Å². The van der Waals surface area contributed by atoms with Gasteiger partial charge < -0.3 is 29.9 Å². The quantitative estimate of drug-likeness (QED) is 0.117. The normalized spacial score (nSPS) is 19.7. The van der Waals surface area contributed by atoms with E-state index in [1.54, 1.807) is 313 Å². The van der Waals surface area contributed by atoms with Crippen LogP contribution < -0.4 is 9.97 Å². The Balaban J connectivity index is 0.00000594. The second-order valence-electron chi connectivity index (χ2n) is 42.1. The molecule has 3 atom stereocenters. The van der Waals surface area contributed by atoms with E-state index in [9.17, 15) is 0 Å². The van der Waals surface area contributed by atoms with Gasteiger partial charge in [0.15, 0.2) is 0 Å². The Kier molecular flexibility index (Phi) is 6.44. The molecule has 4 aliphatic carbocycles. The summed E-state index contributed by atoms with van der Waals surface area (Å²) >= 11 is 0. The summed E-state index contributed by atoms with van der Waals surface area (Å²) in [6, 6.07) is 27.4. The number of hydrogen-bond donors (Lipinski definition) is 0. The second-order valence-corrected chi connectivity index (χ2v) is 42.1. The van der Waals surface area contributed by atoms with E-state index in [1.807, 2.05) is 0 Å². The summed E-state index contributed by atoms with van der Waals surface area (Å²) in [6.45, 7) is 21.4. The van der Waals surface area contributed by atoms with Gasteiger partial charge in [0.25, 0.3) is 0 Å². The molecule has 529 valence electrons. The van der Waals surface area contributed by atoms with Crippen LogP contribution in [0.15, 0.2) is 72.8 Å². The minimum absolute atomic E-state index is 0. The number of likely N-dealkylation sites (N-methyl/N-ethyl adjacent to an activating group) is 1. The van der Waals surface area contributed by atoms with Gasteiger partial charge in [0.1, 0.15) is 0 Å². The molecule has 6 heterocycles. The van der Waals surface area contributed by atoms with Gasteiger partial charge >= 0.3 is 17.1 Å². The molecular formula is C107H45CuN9. The second kappa shape index (κ2) is 13.9. The van der Waals surface area contributed by atoms with Gasteiger partial charge in [-0.3, -0.25) is 4.90 Å². The number of benzene rings is 21. The van der Waals surface area contributed by atoms with Crippen molar-refractivity contribution in [1.29, 1.82) is 0 Å². The first-order valence-corrected chi connectivity index (χ1v) is 42.2. The van der Waals surface area contributed by atoms with Gasteiger partial charge in [0.2, 0.25) is 0 Å². The Bertz CT molecular complexity index is 11100. The van der Waals surface area contributed by atoms with Crippen molar-refractivity contribution < 1.29 is 17.1 Å². The molecule has 0 saturated carbocycles. The van der Waals surface area contributed by atoms with Gasteiger partial charge in [-0.15, -0.1) is 0 Å². The molecule has 3 aliphatic heterocycles. The molecule has 3 unspecified atom stereocenters. The molecule has 42 rings (SSSR count). The Hall–Kier alpha value is -12.8. The van der Waals surface area contributed by atoms with Crippen molar-refractivity contribution in [1.82, 2.24) is 44.8 Å². The largest absolute Gasteiger partial charge is 2.00 e. The number of nitrogens with zero attached hydrogens (tertiary/aromatic N) is 9. The maximum Gasteiger partial charge on any atom is 2.00 e. The maximum absolute atomic E-state index is 5.92. The van der Waals surface area contributed by atoms with E-state index in [-0.39, 0.29) is 39.4 Å². The Labute approximate surface area is 663 Å². The molecule has 0 N–H and O–H groups in total. The van der Waals surface area contributed by atoms with E-state index >= 15 is 0 Å². The molecular weight excluding hydrogens is 1470 g/mol. The van der Waals surface area contributed by atoms with Crippen molar-refractivity contribution in [3.63, 3.8) is 0 Å². The summed E-state index contributed by atoms with van der Waals surface area (Å²) in [7, 11) is 2.57. The predicted molar refractivity (Wildman–Crippen MR) is 479 cm³/mol. The summed E-state index contributed by atoms with van der Waals surface area (Å²) < 4.78 is 0. The molecule has 7 aliphatic rings. The summed E-state index contributed by atoms with van der Waals surface area (Å²) in [6.07, 6.45) is 0. The predicted octanol–water partition coefficient (Wildman–Crippen LogP) is 26.3. The number of likely N-dealkylation sites (tertiary alicyclic amines) is 1. The molecule has 35 aromatic rings. The monoisotopic (exact) mass is 1520 g/mol. The van der Waals surface area contributed by atoms with E-state index in [0.717, 1.165) is 55.9 Å². The van der Waals surface area contributed by atoms with Gasteiger partial charge in [-0.05, 0) is 398 Å². The third-order valence-corrected chi connectivity index (χ3v) is 35.5. The fourth-order valence-electron chi connectivity index (χ4n) is 33.0. The molecule has 117 heavy (non-hydrogen) atoms. The van der Waals surface area contributed by atoms with Crippen molar-refractivity contribution in [2.24, 2.45) is 0 Å². The zero-order valence-electron chi connectivity index (χ0n) is 64.0. The molecule has 1 saturated heterocycles. The van der Waals surface area contributed by atoms with Gasteiger partial charge in [-0.1, -0.05) is 117 Å². The molecule has 1 radical (unpaired) electrons. The fraction of sp³-hybridized carbons (Fsp3) is 0.159. The van der Waals surface area contributed by atoms with Gasteiger partial charge in [0.05, 0.1) is 34.1 Å². The molecule has 3 aromatic heterocycles. The van der Waals surface area contributed by atoms with Crippen molar-refractivity contribution in [3.8, 4) is 45.6 Å². The van der Waals surface area contributed by atoms with Crippen molar-refractivity contribution in [3.05, 3.63) is 117 Å². The van der Waals surface area contributed by atoms with Crippen LogP contribution in [0, 0.1) is 0 Å². The fourth-order valence-corrected chi connectivity index (χ4v) is 33.0. The van der Waals surface area contributed by atoms with E-state index in [4.69, 9.17) is 39.9 Å². The van der Waals surface area contributed by atoms with Crippen LogP contribution in [0.5, 0.6) is 0 Å². The van der Waals surface area contributed by atoms with Crippen LogP contribution in [0.1, 0.15) is 113 Å². The van der Waals surface area contributed by atoms with Gasteiger partial charge in [0, 0.05) is 57.4 Å². The van der Waals surface area contributed by atoms with E-state index in [0.29, 0.717) is 45.9 Å². The standard InChI is InChI=1S/C107H45N9.Cu/c1-103(2,3)25-15-18-28-32(21-25)100-109-95(28)108-99-31-20-24(14-17-27(31)97(112-99)114-102-35-30(12-11-13-34(35)105(7,8)9)98(115-102)113-101-33-22-26(104(4,5)6)16-19-29(33)96(110-100)111-101)94-107-92-85-77-65-57-48-39-37-36-38-42(39)51-58-56-47(38)49-45-40(36)43-44-41(37)46-50(48)63(65)71-69-55(46)53(44)61-60-52(43)54(45)68-70-62(49)64(56)76-78-66(58)67(59(51)57)79(77)88(92)87(78)90-83(76)81(70)84-74(68)72(60)80-73(61)75(69)86(82(71)85)93(107)89(80)91(84)106(90,107)23-116(94)10;/h11-22,94H,23H2,1-10H3;/q-2;+2. The van der Waals surface area contributed by atoms with Gasteiger partial charge in [-0.25, -0.2) is 9.97 Å². The Morgan fingerprint density at radius 3 is 1.04 bits per heavy atom. The van der Waals surface area contributed by atoms with E-state index in [2.05, 4.69) is 147 Å². The number of rotatable bonds is 1. The first-order chi connectivity index (χ1) is 56.5.